The Hall–Kier alpha value is -1.85. The van der Waals surface area contributed by atoms with E-state index < -0.39 is 5.63 Å². The van der Waals surface area contributed by atoms with Crippen LogP contribution in [0.4, 0.5) is 0 Å². The largest absolute Gasteiger partial charge is 0.507 e. The van der Waals surface area contributed by atoms with E-state index in [2.05, 4.69) is 0 Å². The van der Waals surface area contributed by atoms with Gasteiger partial charge in [-0.1, -0.05) is 0 Å². The SMILES string of the molecule is O=c1ccc2ccc(O)c(C[NH+]3CCOCC3)c2o1. The second-order valence-electron chi connectivity index (χ2n) is 4.78. The van der Waals surface area contributed by atoms with Gasteiger partial charge in [-0.2, -0.15) is 0 Å². The second-order valence-corrected chi connectivity index (χ2v) is 4.78. The van der Waals surface area contributed by atoms with Crippen molar-refractivity contribution in [2.24, 2.45) is 0 Å². The van der Waals surface area contributed by atoms with E-state index in [1.165, 1.54) is 11.0 Å². The van der Waals surface area contributed by atoms with Crippen LogP contribution in [0.5, 0.6) is 5.75 Å². The molecule has 1 aliphatic heterocycles. The summed E-state index contributed by atoms with van der Waals surface area (Å²) in [6.45, 7) is 3.88. The number of phenolic OH excluding ortho intramolecular Hbond substituents is 1. The number of hydrogen-bond acceptors (Lipinski definition) is 4. The number of hydrogen-bond donors (Lipinski definition) is 2. The third-order valence-corrected chi connectivity index (χ3v) is 3.49. The van der Waals surface area contributed by atoms with Gasteiger partial charge < -0.3 is 19.2 Å². The molecule has 5 heteroatoms. The van der Waals surface area contributed by atoms with Gasteiger partial charge in [0.2, 0.25) is 0 Å². The molecule has 0 bridgehead atoms. The third-order valence-electron chi connectivity index (χ3n) is 3.49. The van der Waals surface area contributed by atoms with Gasteiger partial charge in [0, 0.05) is 11.5 Å². The van der Waals surface area contributed by atoms with Gasteiger partial charge in [0.1, 0.15) is 25.4 Å². The number of aromatic hydroxyl groups is 1. The predicted molar refractivity (Wildman–Crippen MR) is 69.4 cm³/mol. The van der Waals surface area contributed by atoms with Crippen LogP contribution in [0.3, 0.4) is 0 Å². The van der Waals surface area contributed by atoms with Crippen molar-refractivity contribution >= 4 is 11.0 Å². The molecule has 2 heterocycles. The maximum atomic E-state index is 11.4. The molecule has 0 spiro atoms. The predicted octanol–water partition coefficient (Wildman–Crippen LogP) is -0.0863. The van der Waals surface area contributed by atoms with Crippen LogP contribution in [-0.4, -0.2) is 31.4 Å². The molecule has 2 aromatic rings. The van der Waals surface area contributed by atoms with E-state index in [0.29, 0.717) is 17.7 Å². The van der Waals surface area contributed by atoms with E-state index >= 15 is 0 Å². The maximum Gasteiger partial charge on any atom is 0.336 e. The van der Waals surface area contributed by atoms with E-state index in [4.69, 9.17) is 9.15 Å². The number of rotatable bonds is 2. The van der Waals surface area contributed by atoms with Crippen LogP contribution >= 0.6 is 0 Å². The molecular weight excluding hydrogens is 246 g/mol. The Morgan fingerprint density at radius 3 is 2.68 bits per heavy atom. The van der Waals surface area contributed by atoms with E-state index in [1.54, 1.807) is 18.2 Å². The highest BCUT2D eigenvalue weighted by atomic mass is 16.5. The molecule has 0 amide bonds. The topological polar surface area (TPSA) is 64.1 Å². The van der Waals surface area contributed by atoms with Crippen LogP contribution < -0.4 is 10.5 Å². The number of ether oxygens (including phenoxy) is 1. The van der Waals surface area contributed by atoms with E-state index in [1.807, 2.05) is 0 Å². The number of morpholine rings is 1. The molecule has 2 N–H and O–H groups in total. The lowest BCUT2D eigenvalue weighted by molar-refractivity contribution is -0.921. The minimum absolute atomic E-state index is 0.181. The van der Waals surface area contributed by atoms with Gasteiger partial charge in [-0.05, 0) is 18.2 Å². The molecular formula is C14H16NO4+. The van der Waals surface area contributed by atoms with Crippen LogP contribution in [0.2, 0.25) is 0 Å². The zero-order chi connectivity index (χ0) is 13.2. The fourth-order valence-electron chi connectivity index (χ4n) is 2.44. The summed E-state index contributed by atoms with van der Waals surface area (Å²) in [5.74, 6) is 0.181. The Morgan fingerprint density at radius 1 is 1.16 bits per heavy atom. The zero-order valence-electron chi connectivity index (χ0n) is 10.5. The van der Waals surface area contributed by atoms with E-state index in [-0.39, 0.29) is 5.75 Å². The van der Waals surface area contributed by atoms with Crippen LogP contribution in [0, 0.1) is 0 Å². The van der Waals surface area contributed by atoms with Gasteiger partial charge in [-0.25, -0.2) is 4.79 Å². The summed E-state index contributed by atoms with van der Waals surface area (Å²) in [4.78, 5) is 12.7. The van der Waals surface area contributed by atoms with Crippen LogP contribution in [-0.2, 0) is 11.3 Å². The lowest BCUT2D eigenvalue weighted by Gasteiger charge is -2.24. The fraction of sp³-hybridized carbons (Fsp3) is 0.357. The molecule has 1 aliphatic rings. The summed E-state index contributed by atoms with van der Waals surface area (Å²) >= 11 is 0. The molecule has 5 nitrogen and oxygen atoms in total. The molecule has 1 saturated heterocycles. The van der Waals surface area contributed by atoms with Gasteiger partial charge >= 0.3 is 5.63 Å². The molecule has 3 rings (SSSR count). The van der Waals surface area contributed by atoms with E-state index in [9.17, 15) is 9.90 Å². The maximum absolute atomic E-state index is 11.4. The van der Waals surface area contributed by atoms with Crippen molar-refractivity contribution in [2.75, 3.05) is 26.3 Å². The minimum atomic E-state index is -0.392. The van der Waals surface area contributed by atoms with Crippen molar-refractivity contribution in [3.8, 4) is 5.75 Å². The van der Waals surface area contributed by atoms with E-state index in [0.717, 1.165) is 31.7 Å². The molecule has 0 unspecified atom stereocenters. The second kappa shape index (κ2) is 5.03. The minimum Gasteiger partial charge on any atom is -0.507 e. The summed E-state index contributed by atoms with van der Waals surface area (Å²) in [5.41, 5.74) is 0.801. The number of phenols is 1. The highest BCUT2D eigenvalue weighted by Crippen LogP contribution is 2.25. The number of nitrogens with one attached hydrogen (secondary N) is 1. The van der Waals surface area contributed by atoms with Crippen molar-refractivity contribution in [1.82, 2.24) is 0 Å². The quantitative estimate of drug-likeness (QED) is 0.743. The van der Waals surface area contributed by atoms with Gasteiger partial charge in [0.15, 0.2) is 5.58 Å². The van der Waals surface area contributed by atoms with Crippen molar-refractivity contribution in [3.63, 3.8) is 0 Å². The molecule has 19 heavy (non-hydrogen) atoms. The summed E-state index contributed by atoms with van der Waals surface area (Å²) in [6.07, 6.45) is 0. The van der Waals surface area contributed by atoms with Gasteiger partial charge in [0.05, 0.1) is 18.8 Å². The van der Waals surface area contributed by atoms with Crippen LogP contribution in [0.25, 0.3) is 11.0 Å². The summed E-state index contributed by atoms with van der Waals surface area (Å²) in [6, 6.07) is 6.52. The molecule has 1 aromatic heterocycles. The molecule has 0 aliphatic carbocycles. The Labute approximate surface area is 110 Å². The van der Waals surface area contributed by atoms with Crippen molar-refractivity contribution in [2.45, 2.75) is 6.54 Å². The number of quaternary nitrogens is 1. The van der Waals surface area contributed by atoms with Crippen LogP contribution in [0.15, 0.2) is 33.5 Å². The molecule has 1 aromatic carbocycles. The van der Waals surface area contributed by atoms with Gasteiger partial charge in [-0.3, -0.25) is 0 Å². The molecule has 1 fully saturated rings. The zero-order valence-corrected chi connectivity index (χ0v) is 10.5. The Kier molecular flexibility index (Phi) is 3.23. The Morgan fingerprint density at radius 2 is 1.89 bits per heavy atom. The summed E-state index contributed by atoms with van der Waals surface area (Å²) in [5, 5.41) is 10.9. The first kappa shape index (κ1) is 12.2. The average molecular weight is 262 g/mol. The standard InChI is InChI=1S/C14H15NO4/c16-12-3-1-10-2-4-13(17)19-14(10)11(12)9-15-5-7-18-8-6-15/h1-4,16H,5-9H2/p+1. The number of benzene rings is 1. The Bertz CT molecular complexity index is 643. The molecule has 0 atom stereocenters. The first-order valence-electron chi connectivity index (χ1n) is 6.40. The summed E-state index contributed by atoms with van der Waals surface area (Å²) < 4.78 is 10.6. The average Bonchev–Trinajstić information content (AvgIpc) is 2.43. The normalized spacial score (nSPS) is 16.8. The van der Waals surface area contributed by atoms with Crippen LogP contribution in [0.1, 0.15) is 5.56 Å². The first-order valence-corrected chi connectivity index (χ1v) is 6.40. The molecule has 0 radical (unpaired) electrons. The highest BCUT2D eigenvalue weighted by Gasteiger charge is 2.19. The smallest absolute Gasteiger partial charge is 0.336 e. The molecule has 100 valence electrons. The number of fused-ring (bicyclic) bond motifs is 1. The highest BCUT2D eigenvalue weighted by molar-refractivity contribution is 5.81. The third kappa shape index (κ3) is 2.47. The first-order chi connectivity index (χ1) is 9.24. The lowest BCUT2D eigenvalue weighted by Crippen LogP contribution is -3.12. The van der Waals surface area contributed by atoms with Crippen molar-refractivity contribution in [3.05, 3.63) is 40.2 Å². The molecule has 0 saturated carbocycles. The Balaban J connectivity index is 2.02. The van der Waals surface area contributed by atoms with Crippen molar-refractivity contribution in [1.29, 1.82) is 0 Å². The van der Waals surface area contributed by atoms with Gasteiger partial charge in [-0.15, -0.1) is 0 Å². The lowest BCUT2D eigenvalue weighted by atomic mass is 10.1. The van der Waals surface area contributed by atoms with Crippen molar-refractivity contribution < 1.29 is 19.2 Å². The fourth-order valence-corrected chi connectivity index (χ4v) is 2.44. The monoisotopic (exact) mass is 262 g/mol. The summed E-state index contributed by atoms with van der Waals surface area (Å²) in [7, 11) is 0. The van der Waals surface area contributed by atoms with Gasteiger partial charge in [0.25, 0.3) is 0 Å².